The summed E-state index contributed by atoms with van der Waals surface area (Å²) in [5, 5.41) is 54.6. The maximum absolute atomic E-state index is 13.1. The van der Waals surface area contributed by atoms with Crippen LogP contribution in [0.25, 0.3) is 0 Å². The molecular formula is C65H119NO8. The maximum atomic E-state index is 13.1. The molecule has 1 fully saturated rings. The van der Waals surface area contributed by atoms with E-state index in [0.29, 0.717) is 6.42 Å². The standard InChI is InChI=1S/C65H119NO8/c1-3-5-7-9-11-13-15-17-19-21-23-25-26-27-28-29-30-31-32-33-35-36-38-40-42-44-46-48-50-52-54-59(68)58(57-73-65-64(72)63(71)62(70)60(56-67)74-65)66-61(69)55-53-51-49-47-45-43-41-39-37-34-24-22-20-18-16-14-12-10-8-6-4-2/h16,18,22,24,37,39,44,46,52,54,58-60,62-65,67-68,70-72H,3-15,17,19-21,23,25-36,38,40-43,45,47-51,53,55-57H2,1-2H3,(H,66,69)/b18-16-,24-22-,39-37-,46-44+,54-52+. The monoisotopic (exact) mass is 1040 g/mol. The molecule has 1 rings (SSSR count). The molecule has 432 valence electrons. The Morgan fingerprint density at radius 2 is 0.811 bits per heavy atom. The molecule has 0 aliphatic carbocycles. The molecule has 1 saturated heterocycles. The van der Waals surface area contributed by atoms with E-state index in [4.69, 9.17) is 9.47 Å². The molecule has 9 nitrogen and oxygen atoms in total. The molecule has 1 aliphatic rings. The summed E-state index contributed by atoms with van der Waals surface area (Å²) in [6, 6.07) is -0.833. The number of nitrogens with one attached hydrogen (secondary N) is 1. The highest BCUT2D eigenvalue weighted by molar-refractivity contribution is 5.76. The topological polar surface area (TPSA) is 149 Å². The molecule has 0 aromatic rings. The van der Waals surface area contributed by atoms with Crippen LogP contribution in [0.1, 0.15) is 290 Å². The molecule has 0 radical (unpaired) electrons. The number of aliphatic hydroxyl groups excluding tert-OH is 5. The van der Waals surface area contributed by atoms with Gasteiger partial charge in [-0.15, -0.1) is 0 Å². The van der Waals surface area contributed by atoms with Crippen molar-refractivity contribution in [2.24, 2.45) is 0 Å². The van der Waals surface area contributed by atoms with Gasteiger partial charge in [0.05, 0.1) is 25.4 Å². The third-order valence-electron chi connectivity index (χ3n) is 14.8. The zero-order chi connectivity index (χ0) is 53.6. The molecule has 0 bridgehead atoms. The average molecular weight is 1040 g/mol. The Kier molecular flexibility index (Phi) is 51.3. The predicted molar refractivity (Wildman–Crippen MR) is 313 cm³/mol. The highest BCUT2D eigenvalue weighted by Crippen LogP contribution is 2.23. The Balaban J connectivity index is 2.21. The van der Waals surface area contributed by atoms with Gasteiger partial charge in [0.2, 0.25) is 5.91 Å². The van der Waals surface area contributed by atoms with Crippen LogP contribution in [0.4, 0.5) is 0 Å². The Bertz CT molecular complexity index is 1350. The lowest BCUT2D eigenvalue weighted by Crippen LogP contribution is -2.60. The quantitative estimate of drug-likeness (QED) is 0.0261. The highest BCUT2D eigenvalue weighted by Gasteiger charge is 2.44. The van der Waals surface area contributed by atoms with E-state index in [1.807, 2.05) is 6.08 Å². The van der Waals surface area contributed by atoms with Crippen molar-refractivity contribution in [1.82, 2.24) is 5.32 Å². The number of carbonyl (C=O) groups excluding carboxylic acids is 1. The molecular weight excluding hydrogens is 923 g/mol. The fourth-order valence-electron chi connectivity index (χ4n) is 9.83. The van der Waals surface area contributed by atoms with Crippen molar-refractivity contribution in [1.29, 1.82) is 0 Å². The molecule has 0 aromatic carbocycles. The third kappa shape index (κ3) is 42.9. The summed E-state index contributed by atoms with van der Waals surface area (Å²) in [5.41, 5.74) is 0. The number of hydrogen-bond donors (Lipinski definition) is 6. The molecule has 0 saturated carbocycles. The largest absolute Gasteiger partial charge is 0.394 e. The van der Waals surface area contributed by atoms with Gasteiger partial charge in [0.1, 0.15) is 24.4 Å². The van der Waals surface area contributed by atoms with Crippen LogP contribution in [0.5, 0.6) is 0 Å². The summed E-state index contributed by atoms with van der Waals surface area (Å²) in [5.74, 6) is -0.198. The molecule has 1 amide bonds. The highest BCUT2D eigenvalue weighted by atomic mass is 16.7. The first kappa shape index (κ1) is 69.9. The van der Waals surface area contributed by atoms with Gasteiger partial charge in [0.25, 0.3) is 0 Å². The normalized spacial score (nSPS) is 19.4. The Morgan fingerprint density at radius 1 is 0.459 bits per heavy atom. The minimum Gasteiger partial charge on any atom is -0.394 e. The van der Waals surface area contributed by atoms with Crippen LogP contribution in [-0.2, 0) is 14.3 Å². The minimum absolute atomic E-state index is 0.198. The summed E-state index contributed by atoms with van der Waals surface area (Å²) in [4.78, 5) is 13.1. The molecule has 1 heterocycles. The molecule has 1 aliphatic heterocycles. The average Bonchev–Trinajstić information content (AvgIpc) is 3.40. The van der Waals surface area contributed by atoms with Gasteiger partial charge in [-0.05, 0) is 70.6 Å². The lowest BCUT2D eigenvalue weighted by atomic mass is 9.99. The molecule has 9 heteroatoms. The number of ether oxygens (including phenoxy) is 2. The van der Waals surface area contributed by atoms with Gasteiger partial charge < -0.3 is 40.3 Å². The van der Waals surface area contributed by atoms with Crippen LogP contribution in [0.3, 0.4) is 0 Å². The van der Waals surface area contributed by atoms with Crippen LogP contribution >= 0.6 is 0 Å². The maximum Gasteiger partial charge on any atom is 0.220 e. The number of carbonyl (C=O) groups is 1. The number of rotatable bonds is 54. The number of allylic oxidation sites excluding steroid dienone is 9. The van der Waals surface area contributed by atoms with Gasteiger partial charge in [0.15, 0.2) is 6.29 Å². The van der Waals surface area contributed by atoms with Gasteiger partial charge in [-0.2, -0.15) is 0 Å². The SMILES string of the molecule is CCCCCCC/C=C\C/C=C\C/C=C\CCCCCCCCC(=O)NC(COC1OC(CO)C(O)C(O)C1O)C(O)/C=C/CC/C=C/CCCCCCCCCCCCCCCCCCCCCCCCCC. The Labute approximate surface area is 456 Å². The second-order valence-electron chi connectivity index (χ2n) is 21.8. The van der Waals surface area contributed by atoms with Crippen molar-refractivity contribution in [3.05, 3.63) is 60.8 Å². The van der Waals surface area contributed by atoms with E-state index in [0.717, 1.165) is 64.2 Å². The molecule has 74 heavy (non-hydrogen) atoms. The summed E-state index contributed by atoms with van der Waals surface area (Å²) in [6.45, 7) is 3.77. The third-order valence-corrected chi connectivity index (χ3v) is 14.8. The second-order valence-corrected chi connectivity index (χ2v) is 21.8. The van der Waals surface area contributed by atoms with Crippen LogP contribution < -0.4 is 5.32 Å². The first-order valence-corrected chi connectivity index (χ1v) is 31.5. The Morgan fingerprint density at radius 3 is 1.23 bits per heavy atom. The van der Waals surface area contributed by atoms with E-state index in [1.165, 1.54) is 205 Å². The van der Waals surface area contributed by atoms with Gasteiger partial charge in [-0.3, -0.25) is 4.79 Å². The van der Waals surface area contributed by atoms with Gasteiger partial charge in [-0.1, -0.05) is 274 Å². The number of amides is 1. The van der Waals surface area contributed by atoms with Crippen LogP contribution in [-0.4, -0.2) is 87.5 Å². The lowest BCUT2D eigenvalue weighted by molar-refractivity contribution is -0.302. The molecule has 7 unspecified atom stereocenters. The number of aliphatic hydroxyl groups is 5. The summed E-state index contributed by atoms with van der Waals surface area (Å²) in [6.07, 6.45) is 67.4. The van der Waals surface area contributed by atoms with Gasteiger partial charge in [0, 0.05) is 6.42 Å². The molecule has 6 N–H and O–H groups in total. The van der Waals surface area contributed by atoms with E-state index < -0.39 is 49.5 Å². The van der Waals surface area contributed by atoms with Crippen molar-refractivity contribution in [3.63, 3.8) is 0 Å². The summed E-state index contributed by atoms with van der Waals surface area (Å²) < 4.78 is 11.3. The summed E-state index contributed by atoms with van der Waals surface area (Å²) >= 11 is 0. The number of unbranched alkanes of at least 4 members (excludes halogenated alkanes) is 36. The number of hydrogen-bond acceptors (Lipinski definition) is 8. The van der Waals surface area contributed by atoms with Gasteiger partial charge in [-0.25, -0.2) is 0 Å². The fourth-order valence-corrected chi connectivity index (χ4v) is 9.83. The van der Waals surface area contributed by atoms with E-state index in [2.05, 4.69) is 67.8 Å². The zero-order valence-electron chi connectivity index (χ0n) is 48.1. The van der Waals surface area contributed by atoms with E-state index >= 15 is 0 Å². The lowest BCUT2D eigenvalue weighted by Gasteiger charge is -2.40. The van der Waals surface area contributed by atoms with Crippen molar-refractivity contribution >= 4 is 5.91 Å². The van der Waals surface area contributed by atoms with Crippen LogP contribution in [0, 0.1) is 0 Å². The molecule has 7 atom stereocenters. The van der Waals surface area contributed by atoms with Gasteiger partial charge >= 0.3 is 0 Å². The van der Waals surface area contributed by atoms with Crippen LogP contribution in [0.2, 0.25) is 0 Å². The second kappa shape index (κ2) is 54.3. The molecule has 0 aromatic heterocycles. The predicted octanol–water partition coefficient (Wildman–Crippen LogP) is 16.2. The van der Waals surface area contributed by atoms with Crippen molar-refractivity contribution in [2.75, 3.05) is 13.2 Å². The Hall–Kier alpha value is -2.11. The van der Waals surface area contributed by atoms with E-state index in [-0.39, 0.29) is 12.5 Å². The van der Waals surface area contributed by atoms with E-state index in [9.17, 15) is 30.3 Å². The van der Waals surface area contributed by atoms with E-state index in [1.54, 1.807) is 6.08 Å². The van der Waals surface area contributed by atoms with Crippen molar-refractivity contribution in [3.8, 4) is 0 Å². The van der Waals surface area contributed by atoms with Crippen molar-refractivity contribution < 1.29 is 39.8 Å². The van der Waals surface area contributed by atoms with Crippen molar-refractivity contribution in [2.45, 2.75) is 333 Å². The van der Waals surface area contributed by atoms with Crippen LogP contribution in [0.15, 0.2) is 60.8 Å². The first-order valence-electron chi connectivity index (χ1n) is 31.5. The zero-order valence-corrected chi connectivity index (χ0v) is 48.1. The fraction of sp³-hybridized carbons (Fsp3) is 0.831. The minimum atomic E-state index is -1.58. The summed E-state index contributed by atoms with van der Waals surface area (Å²) in [7, 11) is 0. The molecule has 0 spiro atoms. The first-order chi connectivity index (χ1) is 36.3. The smallest absolute Gasteiger partial charge is 0.220 e.